The summed E-state index contributed by atoms with van der Waals surface area (Å²) >= 11 is 0. The SMILES string of the molecule is COc1cc(C)c(S(=O)N(C)CCOCC(=O)N(C)C2CCCN(C(=O)C3CCN(C)C3)C2)c(C)c1. The van der Waals surface area contributed by atoms with Crippen molar-refractivity contribution in [1.82, 2.24) is 19.0 Å². The van der Waals surface area contributed by atoms with Gasteiger partial charge in [0.25, 0.3) is 0 Å². The van der Waals surface area contributed by atoms with Gasteiger partial charge in [-0.1, -0.05) is 0 Å². The zero-order valence-electron chi connectivity index (χ0n) is 22.6. The molecule has 0 radical (unpaired) electrons. The Hall–Kier alpha value is -2.01. The first kappa shape index (κ1) is 28.6. The van der Waals surface area contributed by atoms with Crippen LogP contribution in [0.4, 0.5) is 0 Å². The third-order valence-electron chi connectivity index (χ3n) is 7.29. The number of piperidine rings is 1. The molecule has 2 fully saturated rings. The Morgan fingerprint density at radius 2 is 1.81 bits per heavy atom. The number of carbonyl (C=O) groups excluding carboxylic acids is 2. The van der Waals surface area contributed by atoms with E-state index in [1.165, 1.54) is 0 Å². The first-order valence-electron chi connectivity index (χ1n) is 12.7. The maximum Gasteiger partial charge on any atom is 0.248 e. The number of benzene rings is 1. The number of hydrogen-bond acceptors (Lipinski definition) is 6. The zero-order valence-corrected chi connectivity index (χ0v) is 23.4. The number of ether oxygens (including phenoxy) is 2. The molecule has 10 heteroatoms. The highest BCUT2D eigenvalue weighted by Crippen LogP contribution is 2.26. The molecule has 202 valence electrons. The lowest BCUT2D eigenvalue weighted by molar-refractivity contribution is -0.143. The maximum absolute atomic E-state index is 13.1. The minimum atomic E-state index is -1.34. The fourth-order valence-corrected chi connectivity index (χ4v) is 6.29. The van der Waals surface area contributed by atoms with Crippen LogP contribution in [0.3, 0.4) is 0 Å². The van der Waals surface area contributed by atoms with Gasteiger partial charge in [0.2, 0.25) is 11.8 Å². The van der Waals surface area contributed by atoms with Gasteiger partial charge in [-0.25, -0.2) is 8.51 Å². The van der Waals surface area contributed by atoms with Crippen LogP contribution in [0, 0.1) is 19.8 Å². The van der Waals surface area contributed by atoms with Crippen molar-refractivity contribution in [3.05, 3.63) is 23.3 Å². The Bertz CT molecular complexity index is 935. The number of likely N-dealkylation sites (tertiary alicyclic amines) is 2. The topological polar surface area (TPSA) is 82.6 Å². The fourth-order valence-electron chi connectivity index (χ4n) is 5.07. The molecule has 9 nitrogen and oxygen atoms in total. The molecule has 2 aliphatic rings. The second kappa shape index (κ2) is 13.0. The number of hydrogen-bond donors (Lipinski definition) is 0. The molecule has 0 aromatic heterocycles. The van der Waals surface area contributed by atoms with Crippen LogP contribution in [-0.2, 0) is 25.3 Å². The van der Waals surface area contributed by atoms with E-state index >= 15 is 0 Å². The van der Waals surface area contributed by atoms with Gasteiger partial charge in [0, 0.05) is 46.3 Å². The average molecular weight is 523 g/mol. The Kier molecular flexibility index (Phi) is 10.3. The second-order valence-corrected chi connectivity index (χ2v) is 11.6. The average Bonchev–Trinajstić information content (AvgIpc) is 3.30. The van der Waals surface area contributed by atoms with Gasteiger partial charge in [0.1, 0.15) is 23.3 Å². The van der Waals surface area contributed by atoms with E-state index in [2.05, 4.69) is 11.9 Å². The Morgan fingerprint density at radius 1 is 1.11 bits per heavy atom. The predicted molar refractivity (Wildman–Crippen MR) is 140 cm³/mol. The van der Waals surface area contributed by atoms with Gasteiger partial charge in [-0.15, -0.1) is 0 Å². The number of carbonyl (C=O) groups is 2. The van der Waals surface area contributed by atoms with Crippen LogP contribution < -0.4 is 4.74 Å². The number of amides is 2. The standard InChI is InChI=1S/C26H42N4O5S/c1-19-14-23(34-6)15-20(2)25(19)36(33)28(4)12-13-35-18-24(31)29(5)22-8-7-10-30(17-22)26(32)21-9-11-27(3)16-21/h14-15,21-22H,7-13,16-18H2,1-6H3. The van der Waals surface area contributed by atoms with Crippen molar-refractivity contribution in [3.8, 4) is 5.75 Å². The smallest absolute Gasteiger partial charge is 0.248 e. The van der Waals surface area contributed by atoms with E-state index in [4.69, 9.17) is 9.47 Å². The van der Waals surface area contributed by atoms with Gasteiger partial charge in [-0.2, -0.15) is 0 Å². The van der Waals surface area contributed by atoms with E-state index in [0.29, 0.717) is 19.7 Å². The molecular formula is C26H42N4O5S. The summed E-state index contributed by atoms with van der Waals surface area (Å²) in [7, 11) is 5.91. The Morgan fingerprint density at radius 3 is 2.42 bits per heavy atom. The summed E-state index contributed by atoms with van der Waals surface area (Å²) in [5.41, 5.74) is 1.82. The van der Waals surface area contributed by atoms with Gasteiger partial charge in [0.15, 0.2) is 0 Å². The van der Waals surface area contributed by atoms with Crippen LogP contribution >= 0.6 is 0 Å². The van der Waals surface area contributed by atoms with Crippen LogP contribution in [0.2, 0.25) is 0 Å². The van der Waals surface area contributed by atoms with Crippen molar-refractivity contribution in [2.45, 2.75) is 44.0 Å². The molecule has 0 N–H and O–H groups in total. The van der Waals surface area contributed by atoms with E-state index < -0.39 is 11.0 Å². The summed E-state index contributed by atoms with van der Waals surface area (Å²) < 4.78 is 25.7. The quantitative estimate of drug-likeness (QED) is 0.435. The van der Waals surface area contributed by atoms with Crippen molar-refractivity contribution in [2.24, 2.45) is 5.92 Å². The third kappa shape index (κ3) is 7.06. The lowest BCUT2D eigenvalue weighted by Gasteiger charge is -2.38. The molecule has 3 atom stereocenters. The van der Waals surface area contributed by atoms with Gasteiger partial charge < -0.3 is 24.2 Å². The van der Waals surface area contributed by atoms with Crippen molar-refractivity contribution in [3.63, 3.8) is 0 Å². The normalized spacial score (nSPS) is 21.6. The van der Waals surface area contributed by atoms with Crippen LogP contribution in [-0.4, -0.2) is 115 Å². The molecule has 1 aromatic carbocycles. The van der Waals surface area contributed by atoms with Crippen LogP contribution in [0.25, 0.3) is 0 Å². The number of aryl methyl sites for hydroxylation is 2. The molecule has 1 aromatic rings. The van der Waals surface area contributed by atoms with Crippen LogP contribution in [0.1, 0.15) is 30.4 Å². The lowest BCUT2D eigenvalue weighted by atomic mass is 10.0. The summed E-state index contributed by atoms with van der Waals surface area (Å²) in [6, 6.07) is 3.77. The highest BCUT2D eigenvalue weighted by atomic mass is 32.2. The van der Waals surface area contributed by atoms with Gasteiger partial charge in [-0.3, -0.25) is 9.59 Å². The molecular weight excluding hydrogens is 480 g/mol. The van der Waals surface area contributed by atoms with Gasteiger partial charge in [-0.05, 0) is 70.0 Å². The van der Waals surface area contributed by atoms with E-state index in [9.17, 15) is 13.8 Å². The molecule has 2 saturated heterocycles. The summed E-state index contributed by atoms with van der Waals surface area (Å²) in [6.45, 7) is 7.67. The van der Waals surface area contributed by atoms with E-state index in [0.717, 1.165) is 60.7 Å². The van der Waals surface area contributed by atoms with E-state index in [-0.39, 0.29) is 30.4 Å². The fraction of sp³-hybridized carbons (Fsp3) is 0.692. The molecule has 0 aliphatic carbocycles. The van der Waals surface area contributed by atoms with Crippen LogP contribution in [0.15, 0.2) is 17.0 Å². The molecule has 0 bridgehead atoms. The van der Waals surface area contributed by atoms with Gasteiger partial charge >= 0.3 is 0 Å². The molecule has 3 rings (SSSR count). The summed E-state index contributed by atoms with van der Waals surface area (Å²) in [4.78, 5) is 32.3. The van der Waals surface area contributed by atoms with E-state index in [1.807, 2.05) is 30.9 Å². The first-order valence-corrected chi connectivity index (χ1v) is 13.8. The van der Waals surface area contributed by atoms with Gasteiger partial charge in [0.05, 0.1) is 24.5 Å². The largest absolute Gasteiger partial charge is 0.497 e. The Labute approximate surface area is 218 Å². The van der Waals surface area contributed by atoms with Crippen molar-refractivity contribution < 1.29 is 23.3 Å². The van der Waals surface area contributed by atoms with Crippen molar-refractivity contribution in [1.29, 1.82) is 0 Å². The number of rotatable bonds is 10. The molecule has 2 aliphatic heterocycles. The van der Waals surface area contributed by atoms with E-state index in [1.54, 1.807) is 30.4 Å². The number of likely N-dealkylation sites (N-methyl/N-ethyl adjacent to an activating group) is 2. The monoisotopic (exact) mass is 522 g/mol. The van der Waals surface area contributed by atoms with Crippen molar-refractivity contribution in [2.75, 3.05) is 74.2 Å². The second-order valence-electron chi connectivity index (χ2n) is 10.1. The summed E-state index contributed by atoms with van der Waals surface area (Å²) in [5, 5.41) is 0. The highest BCUT2D eigenvalue weighted by Gasteiger charge is 2.34. The minimum Gasteiger partial charge on any atom is -0.497 e. The first-order chi connectivity index (χ1) is 17.1. The number of methoxy groups -OCH3 is 1. The molecule has 3 unspecified atom stereocenters. The zero-order chi connectivity index (χ0) is 26.4. The maximum atomic E-state index is 13.1. The molecule has 0 saturated carbocycles. The molecule has 2 heterocycles. The third-order valence-corrected chi connectivity index (χ3v) is 9.04. The molecule has 0 spiro atoms. The molecule has 36 heavy (non-hydrogen) atoms. The highest BCUT2D eigenvalue weighted by molar-refractivity contribution is 7.82. The lowest BCUT2D eigenvalue weighted by Crippen LogP contribution is -2.52. The Balaban J connectivity index is 1.43. The minimum absolute atomic E-state index is 0.00846. The summed E-state index contributed by atoms with van der Waals surface area (Å²) in [6.07, 6.45) is 2.70. The van der Waals surface area contributed by atoms with Crippen LogP contribution in [0.5, 0.6) is 5.75 Å². The van der Waals surface area contributed by atoms with Crippen molar-refractivity contribution >= 4 is 22.8 Å². The number of nitrogens with zero attached hydrogens (tertiary/aromatic N) is 4. The predicted octanol–water partition coefficient (Wildman–Crippen LogP) is 1.68. The molecule has 2 amide bonds. The summed E-state index contributed by atoms with van der Waals surface area (Å²) in [5.74, 6) is 0.946.